The van der Waals surface area contributed by atoms with Gasteiger partial charge in [-0.25, -0.2) is 4.90 Å². The molecule has 1 N–H and O–H groups in total. The van der Waals surface area contributed by atoms with Gasteiger partial charge in [-0.2, -0.15) is 0 Å². The molecule has 1 fully saturated rings. The molecular weight excluding hydrogens is 618 g/mol. The van der Waals surface area contributed by atoms with Crippen molar-refractivity contribution < 1.29 is 19.1 Å². The SMILES string of the molecule is COc1ccc(N2C(=O)C3Sc4c(sc(=O)n4CC(=O)Nc4cccc5ccccc45)C(c4ccc(Cl)cc4)C3C2=O)cc1. The van der Waals surface area contributed by atoms with Gasteiger partial charge in [0.05, 0.1) is 23.7 Å². The molecule has 5 aromatic rings. The first-order chi connectivity index (χ1) is 21.3. The molecule has 7 rings (SSSR count). The number of nitrogens with one attached hydrogen (secondary N) is 1. The quantitative estimate of drug-likeness (QED) is 0.223. The summed E-state index contributed by atoms with van der Waals surface area (Å²) in [6.07, 6.45) is 0. The predicted octanol–water partition coefficient (Wildman–Crippen LogP) is 6.16. The molecule has 2 aliphatic heterocycles. The Labute approximate surface area is 265 Å². The number of amides is 3. The molecule has 1 saturated heterocycles. The Bertz CT molecular complexity index is 2000. The monoisotopic (exact) mass is 641 g/mol. The molecule has 0 bridgehead atoms. The van der Waals surface area contributed by atoms with Crippen LogP contribution in [-0.2, 0) is 20.9 Å². The summed E-state index contributed by atoms with van der Waals surface area (Å²) >= 11 is 8.37. The van der Waals surface area contributed by atoms with E-state index in [2.05, 4.69) is 5.32 Å². The third-order valence-corrected chi connectivity index (χ3v) is 10.8. The Balaban J connectivity index is 1.27. The molecule has 3 atom stereocenters. The highest BCUT2D eigenvalue weighted by Crippen LogP contribution is 2.54. The lowest BCUT2D eigenvalue weighted by atomic mass is 9.83. The molecule has 1 aromatic heterocycles. The van der Waals surface area contributed by atoms with E-state index in [0.29, 0.717) is 32.1 Å². The Morgan fingerprint density at radius 2 is 1.64 bits per heavy atom. The first kappa shape index (κ1) is 28.4. The Hall–Kier alpha value is -4.38. The zero-order chi connectivity index (χ0) is 30.5. The fraction of sp³-hybridized carbons (Fsp3) is 0.152. The van der Waals surface area contributed by atoms with Crippen LogP contribution in [-0.4, -0.2) is 34.6 Å². The van der Waals surface area contributed by atoms with E-state index >= 15 is 0 Å². The number of aromatic nitrogens is 1. The maximum absolute atomic E-state index is 14.0. The molecule has 0 saturated carbocycles. The van der Waals surface area contributed by atoms with Crippen LogP contribution >= 0.6 is 34.7 Å². The summed E-state index contributed by atoms with van der Waals surface area (Å²) < 4.78 is 6.66. The van der Waals surface area contributed by atoms with E-state index in [-0.39, 0.29) is 29.1 Å². The molecule has 8 nitrogen and oxygen atoms in total. The van der Waals surface area contributed by atoms with Crippen molar-refractivity contribution in [3.63, 3.8) is 0 Å². The van der Waals surface area contributed by atoms with Crippen molar-refractivity contribution >= 4 is 74.6 Å². The Morgan fingerprint density at radius 3 is 2.39 bits per heavy atom. The zero-order valence-electron chi connectivity index (χ0n) is 23.2. The Morgan fingerprint density at radius 1 is 0.909 bits per heavy atom. The molecule has 0 aliphatic carbocycles. The average Bonchev–Trinajstić information content (AvgIpc) is 3.48. The van der Waals surface area contributed by atoms with Crippen LogP contribution in [0.15, 0.2) is 101 Å². The molecule has 3 amide bonds. The number of benzene rings is 4. The predicted molar refractivity (Wildman–Crippen MR) is 173 cm³/mol. The topological polar surface area (TPSA) is 97.7 Å². The molecule has 220 valence electrons. The minimum absolute atomic E-state index is 0.240. The average molecular weight is 642 g/mol. The summed E-state index contributed by atoms with van der Waals surface area (Å²) in [6, 6.07) is 27.2. The highest BCUT2D eigenvalue weighted by molar-refractivity contribution is 8.00. The number of ether oxygens (including phenoxy) is 1. The number of hydrogen-bond acceptors (Lipinski definition) is 7. The summed E-state index contributed by atoms with van der Waals surface area (Å²) in [5.74, 6) is -1.81. The van der Waals surface area contributed by atoms with E-state index in [9.17, 15) is 19.2 Å². The molecule has 3 heterocycles. The van der Waals surface area contributed by atoms with Gasteiger partial charge in [0.1, 0.15) is 17.5 Å². The van der Waals surface area contributed by atoms with Crippen molar-refractivity contribution in [3.05, 3.63) is 116 Å². The normalized spacial score (nSPS) is 19.1. The lowest BCUT2D eigenvalue weighted by Gasteiger charge is -2.30. The summed E-state index contributed by atoms with van der Waals surface area (Å²) in [4.78, 5) is 56.3. The molecule has 2 aliphatic rings. The van der Waals surface area contributed by atoms with E-state index in [1.165, 1.54) is 21.2 Å². The number of hydrogen-bond donors (Lipinski definition) is 1. The minimum Gasteiger partial charge on any atom is -0.497 e. The number of carbonyl (C=O) groups excluding carboxylic acids is 3. The van der Waals surface area contributed by atoms with Crippen LogP contribution in [0.1, 0.15) is 16.4 Å². The molecule has 11 heteroatoms. The summed E-state index contributed by atoms with van der Waals surface area (Å²) in [5, 5.41) is 5.07. The van der Waals surface area contributed by atoms with Gasteiger partial charge in [0.15, 0.2) is 0 Å². The molecular formula is C33H24ClN3O5S2. The van der Waals surface area contributed by atoms with E-state index in [0.717, 1.165) is 27.7 Å². The molecule has 0 spiro atoms. The number of carbonyl (C=O) groups is 3. The number of thiazole rings is 1. The Kier molecular flexibility index (Phi) is 7.28. The van der Waals surface area contributed by atoms with Crippen LogP contribution in [0, 0.1) is 5.92 Å². The van der Waals surface area contributed by atoms with E-state index in [4.69, 9.17) is 16.3 Å². The van der Waals surface area contributed by atoms with Crippen LogP contribution in [0.2, 0.25) is 5.02 Å². The molecule has 4 aromatic carbocycles. The number of halogens is 1. The molecule has 3 unspecified atom stereocenters. The summed E-state index contributed by atoms with van der Waals surface area (Å²) in [5.41, 5.74) is 1.85. The second-order valence-corrected chi connectivity index (χ2v) is 13.1. The van der Waals surface area contributed by atoms with Gasteiger partial charge < -0.3 is 10.1 Å². The van der Waals surface area contributed by atoms with Gasteiger partial charge >= 0.3 is 4.87 Å². The smallest absolute Gasteiger partial charge is 0.308 e. The van der Waals surface area contributed by atoms with E-state index < -0.39 is 17.1 Å². The number of thioether (sulfide) groups is 1. The van der Waals surface area contributed by atoms with Gasteiger partial charge in [-0.3, -0.25) is 23.7 Å². The van der Waals surface area contributed by atoms with Gasteiger partial charge in [0, 0.05) is 26.9 Å². The van der Waals surface area contributed by atoms with Crippen molar-refractivity contribution in [2.24, 2.45) is 5.92 Å². The number of anilines is 2. The second-order valence-electron chi connectivity index (χ2n) is 10.5. The van der Waals surface area contributed by atoms with Crippen molar-refractivity contribution in [3.8, 4) is 5.75 Å². The zero-order valence-corrected chi connectivity index (χ0v) is 25.6. The van der Waals surface area contributed by atoms with Crippen molar-refractivity contribution in [1.82, 2.24) is 4.57 Å². The van der Waals surface area contributed by atoms with Crippen LogP contribution in [0.5, 0.6) is 5.75 Å². The van der Waals surface area contributed by atoms with Gasteiger partial charge in [-0.1, -0.05) is 83.2 Å². The summed E-state index contributed by atoms with van der Waals surface area (Å²) in [7, 11) is 1.54. The first-order valence-corrected chi connectivity index (χ1v) is 15.9. The third-order valence-electron chi connectivity index (χ3n) is 7.97. The number of methoxy groups -OCH3 is 1. The van der Waals surface area contributed by atoms with E-state index in [1.807, 2.05) is 54.6 Å². The fourth-order valence-corrected chi connectivity index (χ4v) is 8.84. The van der Waals surface area contributed by atoms with E-state index in [1.54, 1.807) is 43.5 Å². The number of fused-ring (bicyclic) bond motifs is 3. The first-order valence-electron chi connectivity index (χ1n) is 13.8. The van der Waals surface area contributed by atoms with Crippen LogP contribution in [0.25, 0.3) is 10.8 Å². The van der Waals surface area contributed by atoms with Gasteiger partial charge in [-0.05, 0) is 53.4 Å². The standard InChI is InChI=1S/C33H24ClN3O5S2/c1-42-22-15-13-21(14-16-22)37-30(39)27-26(19-9-11-20(34)12-10-19)29-32(43-28(27)31(37)40)36(33(41)44-29)17-25(38)35-24-8-4-6-18-5-2-3-7-23(18)24/h2-16,26-28H,17H2,1H3,(H,35,38). The highest BCUT2D eigenvalue weighted by Gasteiger charge is 2.56. The highest BCUT2D eigenvalue weighted by atomic mass is 35.5. The largest absolute Gasteiger partial charge is 0.497 e. The fourth-order valence-electron chi connectivity index (χ4n) is 5.94. The number of imide groups is 1. The van der Waals surface area contributed by atoms with Crippen LogP contribution in [0.4, 0.5) is 11.4 Å². The van der Waals surface area contributed by atoms with Gasteiger partial charge in [0.25, 0.3) is 0 Å². The van der Waals surface area contributed by atoms with Crippen molar-refractivity contribution in [1.29, 1.82) is 0 Å². The van der Waals surface area contributed by atoms with Gasteiger partial charge in [0.2, 0.25) is 17.7 Å². The van der Waals surface area contributed by atoms with Crippen LogP contribution < -0.4 is 19.8 Å². The molecule has 0 radical (unpaired) electrons. The molecule has 44 heavy (non-hydrogen) atoms. The van der Waals surface area contributed by atoms with Crippen molar-refractivity contribution in [2.75, 3.05) is 17.3 Å². The second kappa shape index (κ2) is 11.3. The van der Waals surface area contributed by atoms with Crippen LogP contribution in [0.3, 0.4) is 0 Å². The number of rotatable bonds is 6. The van der Waals surface area contributed by atoms with Gasteiger partial charge in [-0.15, -0.1) is 0 Å². The lowest BCUT2D eigenvalue weighted by Crippen LogP contribution is -2.33. The van der Waals surface area contributed by atoms with Crippen molar-refractivity contribution in [2.45, 2.75) is 22.7 Å². The lowest BCUT2D eigenvalue weighted by molar-refractivity contribution is -0.122. The maximum Gasteiger partial charge on any atom is 0.308 e. The third kappa shape index (κ3) is 4.79. The maximum atomic E-state index is 14.0. The minimum atomic E-state index is -0.792. The number of nitrogens with zero attached hydrogens (tertiary/aromatic N) is 2. The summed E-state index contributed by atoms with van der Waals surface area (Å²) in [6.45, 7) is -0.240.